The average molecular weight is 216 g/mol. The highest BCUT2D eigenvalue weighted by Gasteiger charge is 2.12. The van der Waals surface area contributed by atoms with Crippen LogP contribution in [-0.4, -0.2) is 16.1 Å². The first-order chi connectivity index (χ1) is 7.04. The van der Waals surface area contributed by atoms with Crippen LogP contribution in [0.3, 0.4) is 0 Å². The number of oxime groups is 1. The smallest absolute Gasteiger partial charge is 0.159 e. The van der Waals surface area contributed by atoms with Gasteiger partial charge in [-0.25, -0.2) is 8.78 Å². The Morgan fingerprint density at radius 3 is 2.60 bits per heavy atom. The zero-order chi connectivity index (χ0) is 11.4. The molecule has 0 heterocycles. The van der Waals surface area contributed by atoms with Gasteiger partial charge in [0, 0.05) is 6.42 Å². The summed E-state index contributed by atoms with van der Waals surface area (Å²) < 4.78 is 25.3. The van der Waals surface area contributed by atoms with Crippen LogP contribution in [0.4, 0.5) is 8.78 Å². The first-order valence-electron chi connectivity index (χ1n) is 4.14. The molecular formula is C9H10F2N2O2. The van der Waals surface area contributed by atoms with E-state index in [0.717, 1.165) is 12.1 Å². The van der Waals surface area contributed by atoms with Crippen molar-refractivity contribution in [2.75, 3.05) is 0 Å². The number of nitrogens with two attached hydrogens (primary N) is 1. The van der Waals surface area contributed by atoms with Crippen molar-refractivity contribution >= 4 is 5.84 Å². The zero-order valence-corrected chi connectivity index (χ0v) is 7.69. The topological polar surface area (TPSA) is 78.8 Å². The van der Waals surface area contributed by atoms with E-state index in [2.05, 4.69) is 5.16 Å². The fourth-order valence-corrected chi connectivity index (χ4v) is 1.08. The Hall–Kier alpha value is -1.69. The maximum atomic E-state index is 12.8. The van der Waals surface area contributed by atoms with E-state index in [-0.39, 0.29) is 17.8 Å². The summed E-state index contributed by atoms with van der Waals surface area (Å²) in [7, 11) is 0. The second kappa shape index (κ2) is 4.70. The van der Waals surface area contributed by atoms with Gasteiger partial charge in [-0.05, 0) is 17.7 Å². The Labute approximate surface area is 84.6 Å². The van der Waals surface area contributed by atoms with E-state index in [1.807, 2.05) is 0 Å². The lowest BCUT2D eigenvalue weighted by Gasteiger charge is -2.09. The van der Waals surface area contributed by atoms with Crippen LogP contribution in [0.15, 0.2) is 23.4 Å². The third-order valence-corrected chi connectivity index (χ3v) is 1.86. The van der Waals surface area contributed by atoms with Gasteiger partial charge in [0.1, 0.15) is 5.84 Å². The molecule has 0 radical (unpaired) electrons. The van der Waals surface area contributed by atoms with Crippen LogP contribution in [0.5, 0.6) is 0 Å². The van der Waals surface area contributed by atoms with E-state index < -0.39 is 17.7 Å². The predicted octanol–water partition coefficient (Wildman–Crippen LogP) is 1.13. The van der Waals surface area contributed by atoms with Crippen molar-refractivity contribution in [2.24, 2.45) is 10.9 Å². The number of amidine groups is 1. The standard InChI is InChI=1S/C9H10F2N2O2/c10-6-2-1-5(3-7(6)11)8(14)4-9(12)13-15/h1-3,8,14-15H,4H2,(H2,12,13)/t8-/m0/s1. The normalized spacial score (nSPS) is 13.9. The Morgan fingerprint density at radius 1 is 1.40 bits per heavy atom. The Morgan fingerprint density at radius 2 is 2.07 bits per heavy atom. The summed E-state index contributed by atoms with van der Waals surface area (Å²) in [5, 5.41) is 20.4. The van der Waals surface area contributed by atoms with Gasteiger partial charge < -0.3 is 16.0 Å². The van der Waals surface area contributed by atoms with Crippen LogP contribution >= 0.6 is 0 Å². The van der Waals surface area contributed by atoms with Crippen molar-refractivity contribution in [2.45, 2.75) is 12.5 Å². The van der Waals surface area contributed by atoms with Crippen molar-refractivity contribution in [1.29, 1.82) is 0 Å². The molecule has 82 valence electrons. The molecule has 4 nitrogen and oxygen atoms in total. The van der Waals surface area contributed by atoms with Crippen molar-refractivity contribution < 1.29 is 19.1 Å². The number of nitrogens with zero attached hydrogens (tertiary/aromatic N) is 1. The summed E-state index contributed by atoms with van der Waals surface area (Å²) in [6, 6.07) is 3.00. The fraction of sp³-hybridized carbons (Fsp3) is 0.222. The van der Waals surface area contributed by atoms with Gasteiger partial charge >= 0.3 is 0 Å². The zero-order valence-electron chi connectivity index (χ0n) is 7.69. The molecule has 1 atom stereocenters. The third-order valence-electron chi connectivity index (χ3n) is 1.86. The molecule has 0 aromatic heterocycles. The number of aliphatic hydroxyl groups excluding tert-OH is 1. The largest absolute Gasteiger partial charge is 0.409 e. The SMILES string of the molecule is N/C(C[C@H](O)c1ccc(F)c(F)c1)=N\O. The lowest BCUT2D eigenvalue weighted by Crippen LogP contribution is -2.16. The van der Waals surface area contributed by atoms with Gasteiger partial charge in [-0.1, -0.05) is 11.2 Å². The van der Waals surface area contributed by atoms with Gasteiger partial charge in [-0.3, -0.25) is 0 Å². The van der Waals surface area contributed by atoms with Crippen molar-refractivity contribution in [3.63, 3.8) is 0 Å². The Kier molecular flexibility index (Phi) is 3.56. The van der Waals surface area contributed by atoms with Gasteiger partial charge in [0.15, 0.2) is 11.6 Å². The highest BCUT2D eigenvalue weighted by Crippen LogP contribution is 2.18. The summed E-state index contributed by atoms with van der Waals surface area (Å²) in [5.74, 6) is -2.23. The second-order valence-electron chi connectivity index (χ2n) is 2.98. The van der Waals surface area contributed by atoms with Crippen molar-refractivity contribution in [3.05, 3.63) is 35.4 Å². The first kappa shape index (κ1) is 11.4. The number of halogens is 2. The molecule has 0 unspecified atom stereocenters. The minimum Gasteiger partial charge on any atom is -0.409 e. The summed E-state index contributed by atoms with van der Waals surface area (Å²) in [6.45, 7) is 0. The molecule has 0 spiro atoms. The van der Waals surface area contributed by atoms with Crippen LogP contribution < -0.4 is 5.73 Å². The molecule has 1 rings (SSSR count). The highest BCUT2D eigenvalue weighted by atomic mass is 19.2. The molecule has 0 saturated heterocycles. The van der Waals surface area contributed by atoms with E-state index in [1.54, 1.807) is 0 Å². The van der Waals surface area contributed by atoms with E-state index in [0.29, 0.717) is 0 Å². The summed E-state index contributed by atoms with van der Waals surface area (Å²) in [6.07, 6.45) is -1.28. The second-order valence-corrected chi connectivity index (χ2v) is 2.98. The van der Waals surface area contributed by atoms with Crippen LogP contribution in [0, 0.1) is 11.6 Å². The van der Waals surface area contributed by atoms with Crippen LogP contribution in [0.2, 0.25) is 0 Å². The lowest BCUT2D eigenvalue weighted by molar-refractivity contribution is 0.183. The molecule has 0 saturated carbocycles. The maximum Gasteiger partial charge on any atom is 0.159 e. The predicted molar refractivity (Wildman–Crippen MR) is 49.3 cm³/mol. The first-order valence-corrected chi connectivity index (χ1v) is 4.14. The third kappa shape index (κ3) is 2.88. The molecule has 0 aliphatic heterocycles. The Bertz CT molecular complexity index is 382. The molecule has 0 aliphatic carbocycles. The van der Waals surface area contributed by atoms with E-state index >= 15 is 0 Å². The minimum absolute atomic E-state index is 0.151. The van der Waals surface area contributed by atoms with Crippen molar-refractivity contribution in [1.82, 2.24) is 0 Å². The average Bonchev–Trinajstić information content (AvgIpc) is 2.21. The van der Waals surface area contributed by atoms with Gasteiger partial charge in [0.05, 0.1) is 6.10 Å². The lowest BCUT2D eigenvalue weighted by atomic mass is 10.1. The van der Waals surface area contributed by atoms with Gasteiger partial charge in [-0.15, -0.1) is 0 Å². The molecule has 15 heavy (non-hydrogen) atoms. The minimum atomic E-state index is -1.13. The number of aliphatic hydroxyl groups is 1. The molecule has 1 aromatic rings. The summed E-state index contributed by atoms with van der Waals surface area (Å²) >= 11 is 0. The molecule has 0 bridgehead atoms. The number of rotatable bonds is 3. The number of hydrogen-bond donors (Lipinski definition) is 3. The molecule has 6 heteroatoms. The van der Waals surface area contributed by atoms with E-state index in [9.17, 15) is 13.9 Å². The monoisotopic (exact) mass is 216 g/mol. The van der Waals surface area contributed by atoms with Gasteiger partial charge in [0.25, 0.3) is 0 Å². The summed E-state index contributed by atoms with van der Waals surface area (Å²) in [4.78, 5) is 0. The van der Waals surface area contributed by atoms with Gasteiger partial charge in [0.2, 0.25) is 0 Å². The summed E-state index contributed by atoms with van der Waals surface area (Å²) in [5.41, 5.74) is 5.32. The van der Waals surface area contributed by atoms with E-state index in [1.165, 1.54) is 6.07 Å². The molecule has 0 amide bonds. The molecule has 1 aromatic carbocycles. The Balaban J connectivity index is 2.82. The van der Waals surface area contributed by atoms with Crippen LogP contribution in [0.25, 0.3) is 0 Å². The van der Waals surface area contributed by atoms with Crippen LogP contribution in [-0.2, 0) is 0 Å². The van der Waals surface area contributed by atoms with E-state index in [4.69, 9.17) is 10.9 Å². The number of benzene rings is 1. The maximum absolute atomic E-state index is 12.8. The number of hydrogen-bond acceptors (Lipinski definition) is 3. The molecule has 0 fully saturated rings. The fourth-order valence-electron chi connectivity index (χ4n) is 1.08. The van der Waals surface area contributed by atoms with Gasteiger partial charge in [-0.2, -0.15) is 0 Å². The quantitative estimate of drug-likeness (QED) is 0.307. The highest BCUT2D eigenvalue weighted by molar-refractivity contribution is 5.80. The molecule has 0 aliphatic rings. The van der Waals surface area contributed by atoms with Crippen molar-refractivity contribution in [3.8, 4) is 0 Å². The molecular weight excluding hydrogens is 206 g/mol. The van der Waals surface area contributed by atoms with Crippen LogP contribution in [0.1, 0.15) is 18.1 Å². The molecule has 4 N–H and O–H groups in total.